The van der Waals surface area contributed by atoms with E-state index in [9.17, 15) is 9.59 Å². The molecule has 5 heteroatoms. The molecule has 0 fully saturated rings. The van der Waals surface area contributed by atoms with Crippen molar-refractivity contribution in [2.75, 3.05) is 13.1 Å². The van der Waals surface area contributed by atoms with Crippen molar-refractivity contribution in [2.24, 2.45) is 0 Å². The van der Waals surface area contributed by atoms with Gasteiger partial charge in [0.05, 0.1) is 0 Å². The maximum absolute atomic E-state index is 11.2. The molecular weight excluding hydrogens is 208 g/mol. The third kappa shape index (κ3) is 2.04. The third-order valence-electron chi connectivity index (χ3n) is 2.57. The lowest BCUT2D eigenvalue weighted by Crippen LogP contribution is -2.21. The van der Waals surface area contributed by atoms with Crippen molar-refractivity contribution in [1.82, 2.24) is 10.3 Å². The molecule has 5 nitrogen and oxygen atoms in total. The van der Waals surface area contributed by atoms with Gasteiger partial charge in [-0.15, -0.1) is 0 Å². The van der Waals surface area contributed by atoms with Crippen molar-refractivity contribution >= 4 is 11.5 Å². The highest BCUT2D eigenvalue weighted by Gasteiger charge is 2.12. The smallest absolute Gasteiger partial charge is 0.341 e. The molecule has 0 saturated heterocycles. The number of aromatic amines is 1. The van der Waals surface area contributed by atoms with E-state index in [1.165, 1.54) is 6.07 Å². The summed E-state index contributed by atoms with van der Waals surface area (Å²) in [6.45, 7) is 1.64. The van der Waals surface area contributed by atoms with Crippen LogP contribution in [0.15, 0.2) is 23.1 Å². The molecule has 1 aliphatic rings. The first kappa shape index (κ1) is 10.6. The quantitative estimate of drug-likeness (QED) is 0.675. The number of rotatable bonds is 2. The molecule has 0 unspecified atom stereocenters. The number of carboxylic acid groups (broad SMARTS) is 1. The number of aromatic carboxylic acids is 1. The molecule has 84 valence electrons. The Morgan fingerprint density at radius 1 is 1.44 bits per heavy atom. The fourth-order valence-electron chi connectivity index (χ4n) is 1.71. The highest BCUT2D eigenvalue weighted by molar-refractivity contribution is 5.88. The normalized spacial score (nSPS) is 15.6. The van der Waals surface area contributed by atoms with E-state index < -0.39 is 11.5 Å². The Balaban J connectivity index is 2.43. The number of hydrogen-bond donors (Lipinski definition) is 3. The van der Waals surface area contributed by atoms with Crippen molar-refractivity contribution in [2.45, 2.75) is 6.42 Å². The molecule has 3 N–H and O–H groups in total. The number of nitrogens with one attached hydrogen (secondary N) is 2. The van der Waals surface area contributed by atoms with E-state index in [0.29, 0.717) is 0 Å². The van der Waals surface area contributed by atoms with E-state index in [1.807, 2.05) is 6.08 Å². The first-order chi connectivity index (χ1) is 7.68. The topological polar surface area (TPSA) is 82.2 Å². The number of aromatic nitrogens is 1. The molecule has 16 heavy (non-hydrogen) atoms. The van der Waals surface area contributed by atoms with Gasteiger partial charge in [-0.25, -0.2) is 4.79 Å². The van der Waals surface area contributed by atoms with Gasteiger partial charge in [-0.2, -0.15) is 0 Å². The van der Waals surface area contributed by atoms with Crippen LogP contribution in [0.5, 0.6) is 0 Å². The number of H-pyrrole nitrogens is 1. The highest BCUT2D eigenvalue weighted by atomic mass is 16.4. The number of carbonyl (C=O) groups is 1. The van der Waals surface area contributed by atoms with Crippen LogP contribution < -0.4 is 10.9 Å². The predicted octanol–water partition coefficient (Wildman–Crippen LogP) is 0.450. The molecule has 1 aromatic rings. The minimum atomic E-state index is -1.20. The molecule has 0 radical (unpaired) electrons. The molecular formula is C11H12N2O3. The lowest BCUT2D eigenvalue weighted by atomic mass is 10.0. The van der Waals surface area contributed by atoms with Crippen molar-refractivity contribution in [1.29, 1.82) is 0 Å². The molecule has 0 aromatic carbocycles. The average Bonchev–Trinajstić information content (AvgIpc) is 2.30. The summed E-state index contributed by atoms with van der Waals surface area (Å²) >= 11 is 0. The summed E-state index contributed by atoms with van der Waals surface area (Å²) in [7, 11) is 0. The average molecular weight is 220 g/mol. The monoisotopic (exact) mass is 220 g/mol. The molecule has 0 saturated carbocycles. The molecule has 0 amide bonds. The van der Waals surface area contributed by atoms with E-state index in [-0.39, 0.29) is 5.56 Å². The van der Waals surface area contributed by atoms with Crippen molar-refractivity contribution in [3.8, 4) is 0 Å². The van der Waals surface area contributed by atoms with E-state index >= 15 is 0 Å². The van der Waals surface area contributed by atoms with Crippen LogP contribution in [0.25, 0.3) is 5.57 Å². The van der Waals surface area contributed by atoms with Gasteiger partial charge in [0.1, 0.15) is 5.56 Å². The van der Waals surface area contributed by atoms with Gasteiger partial charge in [-0.1, -0.05) is 6.08 Å². The van der Waals surface area contributed by atoms with Gasteiger partial charge in [-0.05, 0) is 30.2 Å². The SMILES string of the molecule is O=C(O)c1cc(C2=CCNCC2)c[nH]c1=O. The number of pyridine rings is 1. The van der Waals surface area contributed by atoms with E-state index in [4.69, 9.17) is 5.11 Å². The molecule has 0 spiro atoms. The van der Waals surface area contributed by atoms with Crippen LogP contribution >= 0.6 is 0 Å². The standard InChI is InChI=1S/C11H12N2O3/c14-10-9(11(15)16)5-8(6-13-10)7-1-3-12-4-2-7/h1,5-6,12H,2-4H2,(H,13,14)(H,15,16). The van der Waals surface area contributed by atoms with Crippen LogP contribution in [0.2, 0.25) is 0 Å². The lowest BCUT2D eigenvalue weighted by molar-refractivity contribution is 0.0695. The Bertz CT molecular complexity index is 502. The summed E-state index contributed by atoms with van der Waals surface area (Å²) < 4.78 is 0. The predicted molar refractivity (Wildman–Crippen MR) is 59.5 cm³/mol. The first-order valence-corrected chi connectivity index (χ1v) is 5.04. The van der Waals surface area contributed by atoms with E-state index in [2.05, 4.69) is 10.3 Å². The van der Waals surface area contributed by atoms with Gasteiger partial charge in [0.25, 0.3) is 5.56 Å². The summed E-state index contributed by atoms with van der Waals surface area (Å²) in [5, 5.41) is 12.0. The minimum absolute atomic E-state index is 0.211. The largest absolute Gasteiger partial charge is 0.477 e. The third-order valence-corrected chi connectivity index (χ3v) is 2.57. The van der Waals surface area contributed by atoms with Crippen LogP contribution in [0, 0.1) is 0 Å². The van der Waals surface area contributed by atoms with Crippen LogP contribution in [0.1, 0.15) is 22.3 Å². The first-order valence-electron chi connectivity index (χ1n) is 5.04. The van der Waals surface area contributed by atoms with E-state index in [0.717, 1.165) is 30.6 Å². The van der Waals surface area contributed by atoms with Gasteiger partial charge >= 0.3 is 5.97 Å². The Hall–Kier alpha value is -1.88. The Kier molecular flexibility index (Phi) is 2.87. The molecule has 0 aliphatic carbocycles. The van der Waals surface area contributed by atoms with Gasteiger partial charge in [0.15, 0.2) is 0 Å². The second-order valence-electron chi connectivity index (χ2n) is 3.62. The second kappa shape index (κ2) is 4.32. The van der Waals surface area contributed by atoms with Crippen molar-refractivity contribution in [3.63, 3.8) is 0 Å². The Morgan fingerprint density at radius 2 is 2.25 bits per heavy atom. The number of carboxylic acids is 1. The van der Waals surface area contributed by atoms with Gasteiger partial charge < -0.3 is 15.4 Å². The molecule has 1 aromatic heterocycles. The molecule has 0 bridgehead atoms. The Morgan fingerprint density at radius 3 is 2.88 bits per heavy atom. The van der Waals surface area contributed by atoms with Gasteiger partial charge in [0, 0.05) is 12.7 Å². The zero-order chi connectivity index (χ0) is 11.5. The molecule has 0 atom stereocenters. The molecule has 1 aliphatic heterocycles. The van der Waals surface area contributed by atoms with Crippen molar-refractivity contribution < 1.29 is 9.90 Å². The summed E-state index contributed by atoms with van der Waals surface area (Å²) in [5.74, 6) is -1.20. The second-order valence-corrected chi connectivity index (χ2v) is 3.62. The highest BCUT2D eigenvalue weighted by Crippen LogP contribution is 2.18. The van der Waals surface area contributed by atoms with Crippen LogP contribution in [0.4, 0.5) is 0 Å². The fourth-order valence-corrected chi connectivity index (χ4v) is 1.71. The van der Waals surface area contributed by atoms with Crippen molar-refractivity contribution in [3.05, 3.63) is 39.8 Å². The Labute approximate surface area is 91.8 Å². The van der Waals surface area contributed by atoms with Gasteiger partial charge in [-0.3, -0.25) is 4.79 Å². The fraction of sp³-hybridized carbons (Fsp3) is 0.273. The molecule has 2 heterocycles. The van der Waals surface area contributed by atoms with Crippen LogP contribution in [-0.2, 0) is 0 Å². The minimum Gasteiger partial charge on any atom is -0.477 e. The van der Waals surface area contributed by atoms with Crippen LogP contribution in [0.3, 0.4) is 0 Å². The summed E-state index contributed by atoms with van der Waals surface area (Å²) in [5.41, 5.74) is 1.07. The van der Waals surface area contributed by atoms with E-state index in [1.54, 1.807) is 6.20 Å². The maximum atomic E-state index is 11.2. The molecule has 2 rings (SSSR count). The number of hydrogen-bond acceptors (Lipinski definition) is 3. The zero-order valence-electron chi connectivity index (χ0n) is 8.62. The zero-order valence-corrected chi connectivity index (χ0v) is 8.62. The summed E-state index contributed by atoms with van der Waals surface area (Å²) in [6, 6.07) is 1.43. The summed E-state index contributed by atoms with van der Waals surface area (Å²) in [4.78, 5) is 24.5. The van der Waals surface area contributed by atoms with Crippen LogP contribution in [-0.4, -0.2) is 29.1 Å². The lowest BCUT2D eigenvalue weighted by Gasteiger charge is -2.14. The summed E-state index contributed by atoms with van der Waals surface area (Å²) in [6.07, 6.45) is 4.40. The maximum Gasteiger partial charge on any atom is 0.341 e. The van der Waals surface area contributed by atoms with Gasteiger partial charge in [0.2, 0.25) is 0 Å².